The van der Waals surface area contributed by atoms with Crippen LogP contribution in [-0.2, 0) is 0 Å². The summed E-state index contributed by atoms with van der Waals surface area (Å²) in [4.78, 5) is 14.9. The van der Waals surface area contributed by atoms with Crippen molar-refractivity contribution in [1.29, 1.82) is 0 Å². The molecule has 0 spiro atoms. The lowest BCUT2D eigenvalue weighted by molar-refractivity contribution is 1.12. The number of aliphatic imine (C=N–C) groups is 1. The molecule has 4 nitrogen and oxygen atoms in total. The normalized spacial score (nSPS) is 12.6. The maximum Gasteiger partial charge on any atom is 0.183 e. The summed E-state index contributed by atoms with van der Waals surface area (Å²) < 4.78 is 0. The molecule has 1 aliphatic rings. The number of aromatic nitrogens is 2. The second kappa shape index (κ2) is 3.13. The molecule has 0 fully saturated rings. The summed E-state index contributed by atoms with van der Waals surface area (Å²) in [5.41, 5.74) is 1.65. The monoisotopic (exact) mass is 215 g/mol. The predicted octanol–water partition coefficient (Wildman–Crippen LogP) is 2.42. The number of aryl methyl sites for hydroxylation is 1. The van der Waals surface area contributed by atoms with E-state index in [2.05, 4.69) is 39.3 Å². The molecule has 0 atom stereocenters. The maximum absolute atomic E-state index is 4.26. The van der Waals surface area contributed by atoms with Gasteiger partial charge in [0.15, 0.2) is 5.82 Å². The third-order valence-corrected chi connectivity index (χ3v) is 3.15. The Kier molecular flexibility index (Phi) is 1.78. The van der Waals surface area contributed by atoms with Crippen LogP contribution in [-0.4, -0.2) is 16.3 Å². The van der Waals surface area contributed by atoms with Gasteiger partial charge in [0.1, 0.15) is 24.0 Å². The van der Waals surface area contributed by atoms with E-state index in [0.717, 1.165) is 16.3 Å². The van der Waals surface area contributed by atoms with E-state index in [0.29, 0.717) is 5.82 Å². The van der Waals surface area contributed by atoms with Crippen LogP contribution in [0.15, 0.2) is 23.5 Å². The smallest absolute Gasteiger partial charge is 0.183 e. The molecule has 0 N–H and O–H groups in total. The topological polar surface area (TPSA) is 52.2 Å². The van der Waals surface area contributed by atoms with Crippen molar-refractivity contribution in [3.8, 4) is 10.6 Å². The number of nitrogens with zero attached hydrogens (tertiary/aromatic N) is 4. The number of hydrogen-bond acceptors (Lipinski definition) is 4. The molecule has 1 radical (unpaired) electrons. The van der Waals surface area contributed by atoms with Gasteiger partial charge in [-0.2, -0.15) is 0 Å². The zero-order chi connectivity index (χ0) is 10.3. The highest BCUT2D eigenvalue weighted by Crippen LogP contribution is 2.38. The van der Waals surface area contributed by atoms with Gasteiger partial charge < -0.3 is 0 Å². The summed E-state index contributed by atoms with van der Waals surface area (Å²) in [6, 6.07) is 4.13. The molecule has 0 unspecified atom stereocenters. The SMILES string of the molecule is Cc1ccc(-c2ncnc3c2N=C[N]3)s1. The number of thiophene rings is 1. The standard InChI is InChI=1S/C10H7N4S/c1-6-2-3-7(15-6)8-9-10(13-4-11-8)14-5-12-9/h2-5H,1H3. The minimum absolute atomic E-state index is 0.658. The van der Waals surface area contributed by atoms with Crippen LogP contribution >= 0.6 is 11.3 Å². The molecule has 0 aliphatic carbocycles. The highest BCUT2D eigenvalue weighted by molar-refractivity contribution is 7.15. The molecule has 2 aromatic heterocycles. The van der Waals surface area contributed by atoms with Crippen LogP contribution < -0.4 is 5.32 Å². The van der Waals surface area contributed by atoms with E-state index < -0.39 is 0 Å². The Hall–Kier alpha value is -1.75. The largest absolute Gasteiger partial charge is 0.233 e. The first-order valence-electron chi connectivity index (χ1n) is 4.50. The Balaban J connectivity index is 2.20. The van der Waals surface area contributed by atoms with E-state index in [1.165, 1.54) is 17.5 Å². The molecule has 0 bridgehead atoms. The fraction of sp³-hybridized carbons (Fsp3) is 0.100. The fourth-order valence-electron chi connectivity index (χ4n) is 1.47. The van der Waals surface area contributed by atoms with Crippen molar-refractivity contribution in [3.63, 3.8) is 0 Å². The van der Waals surface area contributed by atoms with Crippen molar-refractivity contribution < 1.29 is 0 Å². The van der Waals surface area contributed by atoms with Crippen molar-refractivity contribution in [3.05, 3.63) is 23.3 Å². The summed E-state index contributed by atoms with van der Waals surface area (Å²) in [5.74, 6) is 0.658. The van der Waals surface area contributed by atoms with E-state index in [1.807, 2.05) is 0 Å². The van der Waals surface area contributed by atoms with Gasteiger partial charge in [-0.15, -0.1) is 11.3 Å². The fourth-order valence-corrected chi connectivity index (χ4v) is 2.33. The van der Waals surface area contributed by atoms with Crippen molar-refractivity contribution in [2.75, 3.05) is 0 Å². The van der Waals surface area contributed by atoms with Gasteiger partial charge >= 0.3 is 0 Å². The Morgan fingerprint density at radius 2 is 2.13 bits per heavy atom. The van der Waals surface area contributed by atoms with Crippen molar-refractivity contribution in [2.45, 2.75) is 6.92 Å². The summed E-state index contributed by atoms with van der Waals surface area (Å²) >= 11 is 1.70. The van der Waals surface area contributed by atoms with Crippen LogP contribution in [0.2, 0.25) is 0 Å². The first kappa shape index (κ1) is 8.55. The Morgan fingerprint density at radius 1 is 1.20 bits per heavy atom. The van der Waals surface area contributed by atoms with Gasteiger partial charge in [0.25, 0.3) is 0 Å². The highest BCUT2D eigenvalue weighted by Gasteiger charge is 2.17. The molecular formula is C10H7N4S. The van der Waals surface area contributed by atoms with E-state index >= 15 is 0 Å². The van der Waals surface area contributed by atoms with Gasteiger partial charge in [0.2, 0.25) is 0 Å². The number of hydrogen-bond donors (Lipinski definition) is 0. The molecule has 0 saturated carbocycles. The minimum atomic E-state index is 0.658. The summed E-state index contributed by atoms with van der Waals surface area (Å²) in [5, 5.41) is 4.05. The molecule has 73 valence electrons. The quantitative estimate of drug-likeness (QED) is 0.733. The van der Waals surface area contributed by atoms with E-state index in [1.54, 1.807) is 11.3 Å². The zero-order valence-corrected chi connectivity index (χ0v) is 8.82. The molecule has 5 heteroatoms. The molecule has 0 saturated heterocycles. The molecule has 3 heterocycles. The lowest BCUT2D eigenvalue weighted by Gasteiger charge is -2.00. The first-order valence-corrected chi connectivity index (χ1v) is 5.31. The average molecular weight is 215 g/mol. The van der Waals surface area contributed by atoms with Gasteiger partial charge in [0.05, 0.1) is 4.88 Å². The second-order valence-corrected chi connectivity index (χ2v) is 4.47. The van der Waals surface area contributed by atoms with Gasteiger partial charge in [-0.1, -0.05) is 0 Å². The first-order chi connectivity index (χ1) is 7.34. The van der Waals surface area contributed by atoms with Crippen molar-refractivity contribution in [1.82, 2.24) is 15.3 Å². The zero-order valence-electron chi connectivity index (χ0n) is 8.01. The minimum Gasteiger partial charge on any atom is -0.233 e. The summed E-state index contributed by atoms with van der Waals surface area (Å²) in [7, 11) is 0. The van der Waals surface area contributed by atoms with Crippen LogP contribution in [0, 0.1) is 6.92 Å². The number of fused-ring (bicyclic) bond motifs is 1. The van der Waals surface area contributed by atoms with E-state index in [9.17, 15) is 0 Å². The third kappa shape index (κ3) is 1.32. The molecule has 3 rings (SSSR count). The second-order valence-electron chi connectivity index (χ2n) is 3.18. The lowest BCUT2D eigenvalue weighted by Crippen LogP contribution is -1.90. The van der Waals surface area contributed by atoms with Crippen molar-refractivity contribution >= 4 is 29.2 Å². The molecule has 15 heavy (non-hydrogen) atoms. The maximum atomic E-state index is 4.26. The lowest BCUT2D eigenvalue weighted by atomic mass is 10.3. The van der Waals surface area contributed by atoms with Crippen LogP contribution in [0.25, 0.3) is 10.6 Å². The van der Waals surface area contributed by atoms with Gasteiger partial charge in [-0.25, -0.2) is 20.3 Å². The summed E-state index contributed by atoms with van der Waals surface area (Å²) in [6.07, 6.45) is 3.05. The number of rotatable bonds is 1. The van der Waals surface area contributed by atoms with Crippen LogP contribution in [0.3, 0.4) is 0 Å². The Bertz CT molecular complexity index is 544. The average Bonchev–Trinajstić information content (AvgIpc) is 2.84. The van der Waals surface area contributed by atoms with Gasteiger partial charge in [-0.3, -0.25) is 0 Å². The summed E-state index contributed by atoms with van der Waals surface area (Å²) in [6.45, 7) is 2.07. The van der Waals surface area contributed by atoms with Crippen molar-refractivity contribution in [2.24, 2.45) is 4.99 Å². The van der Waals surface area contributed by atoms with Crippen LogP contribution in [0.4, 0.5) is 11.5 Å². The van der Waals surface area contributed by atoms with Crippen LogP contribution in [0.1, 0.15) is 4.88 Å². The Morgan fingerprint density at radius 3 is 2.93 bits per heavy atom. The third-order valence-electron chi connectivity index (χ3n) is 2.14. The molecule has 2 aromatic rings. The van der Waals surface area contributed by atoms with Gasteiger partial charge in [0, 0.05) is 4.88 Å². The highest BCUT2D eigenvalue weighted by atomic mass is 32.1. The molecular weight excluding hydrogens is 208 g/mol. The molecule has 0 amide bonds. The van der Waals surface area contributed by atoms with Crippen LogP contribution in [0.5, 0.6) is 0 Å². The molecule has 1 aliphatic heterocycles. The predicted molar refractivity (Wildman–Crippen MR) is 60.0 cm³/mol. The van der Waals surface area contributed by atoms with E-state index in [4.69, 9.17) is 0 Å². The Labute approximate surface area is 90.7 Å². The van der Waals surface area contributed by atoms with E-state index in [-0.39, 0.29) is 0 Å². The molecule has 0 aromatic carbocycles. The van der Waals surface area contributed by atoms with Gasteiger partial charge in [-0.05, 0) is 19.1 Å².